The second-order valence-electron chi connectivity index (χ2n) is 6.22. The van der Waals surface area contributed by atoms with Crippen molar-refractivity contribution in [2.75, 3.05) is 52.5 Å². The topological polar surface area (TPSA) is 46.9 Å². The number of nitrogens with zero attached hydrogens (tertiary/aromatic N) is 2. The molecule has 0 saturated carbocycles. The first-order chi connectivity index (χ1) is 10.2. The van der Waals surface area contributed by atoms with Crippen molar-refractivity contribution in [1.29, 1.82) is 0 Å². The van der Waals surface area contributed by atoms with Crippen molar-refractivity contribution in [2.45, 2.75) is 33.8 Å². The molecule has 2 N–H and O–H groups in total. The molecule has 0 bridgehead atoms. The zero-order valence-electron chi connectivity index (χ0n) is 12.5. The number of thioether (sulfide) groups is 1. The molecular weight excluding hydrogens is 324 g/mol. The summed E-state index contributed by atoms with van der Waals surface area (Å²) in [6.45, 7) is 6.77. The van der Waals surface area contributed by atoms with Crippen LogP contribution in [0.3, 0.4) is 0 Å². The highest BCUT2D eigenvalue weighted by Crippen LogP contribution is 2.70. The van der Waals surface area contributed by atoms with E-state index in [0.717, 1.165) is 39.3 Å². The minimum absolute atomic E-state index is 0.284. The Kier molecular flexibility index (Phi) is 5.74. The van der Waals surface area contributed by atoms with Crippen molar-refractivity contribution in [3.63, 3.8) is 0 Å². The van der Waals surface area contributed by atoms with Crippen LogP contribution in [0.2, 0.25) is 0 Å². The van der Waals surface area contributed by atoms with E-state index < -0.39 is 0 Å². The van der Waals surface area contributed by atoms with Gasteiger partial charge in [-0.25, -0.2) is 0 Å². The number of piperidine rings is 2. The smallest absolute Gasteiger partial charge is 0.0753 e. The largest absolute Gasteiger partial charge is 0.395 e. The van der Waals surface area contributed by atoms with Crippen molar-refractivity contribution in [3.05, 3.63) is 0 Å². The second kappa shape index (κ2) is 7.20. The Bertz CT molecular complexity index is 311. The highest BCUT2D eigenvalue weighted by Gasteiger charge is 2.52. The molecule has 3 fully saturated rings. The van der Waals surface area contributed by atoms with Gasteiger partial charge < -0.3 is 20.0 Å². The van der Waals surface area contributed by atoms with Crippen molar-refractivity contribution < 1.29 is 10.2 Å². The molecule has 3 aliphatic heterocycles. The van der Waals surface area contributed by atoms with Crippen molar-refractivity contribution in [1.82, 2.24) is 9.80 Å². The molecule has 0 aliphatic carbocycles. The van der Waals surface area contributed by atoms with E-state index in [1.807, 2.05) is 0 Å². The van der Waals surface area contributed by atoms with Gasteiger partial charge in [-0.15, -0.1) is 11.8 Å². The van der Waals surface area contributed by atoms with Crippen molar-refractivity contribution in [2.24, 2.45) is 0 Å². The lowest BCUT2D eigenvalue weighted by Gasteiger charge is -2.41. The van der Waals surface area contributed by atoms with Crippen LogP contribution in [0.1, 0.15) is 25.7 Å². The lowest BCUT2D eigenvalue weighted by atomic mass is 10.1. The summed E-state index contributed by atoms with van der Waals surface area (Å²) in [5, 5.41) is 18.1. The summed E-state index contributed by atoms with van der Waals surface area (Å²) in [6.07, 6.45) is 4.99. The Balaban J connectivity index is 1.52. The van der Waals surface area contributed by atoms with E-state index in [4.69, 9.17) is 10.2 Å². The van der Waals surface area contributed by atoms with Gasteiger partial charge in [-0.2, -0.15) is 0 Å². The number of hydrogen-bond donors (Lipinski definition) is 2. The molecular formula is C14H26N2O2S3. The van der Waals surface area contributed by atoms with Crippen LogP contribution in [0.15, 0.2) is 0 Å². The van der Waals surface area contributed by atoms with E-state index in [1.54, 1.807) is 0 Å². The van der Waals surface area contributed by atoms with Gasteiger partial charge in [0.05, 0.1) is 21.4 Å². The molecule has 2 spiro atoms. The van der Waals surface area contributed by atoms with Gasteiger partial charge in [0.2, 0.25) is 0 Å². The predicted molar refractivity (Wildman–Crippen MR) is 93.8 cm³/mol. The monoisotopic (exact) mass is 350 g/mol. The Morgan fingerprint density at radius 1 is 0.714 bits per heavy atom. The Labute approximate surface area is 139 Å². The van der Waals surface area contributed by atoms with Crippen molar-refractivity contribution >= 4 is 33.3 Å². The molecule has 0 radical (unpaired) electrons. The fraction of sp³-hybridized carbons (Fsp3) is 1.00. The van der Waals surface area contributed by atoms with Gasteiger partial charge in [0.1, 0.15) is 0 Å². The van der Waals surface area contributed by atoms with Crippen LogP contribution in [-0.2, 0) is 0 Å². The summed E-state index contributed by atoms with van der Waals surface area (Å²) in [4.78, 5) is 4.79. The molecule has 0 atom stereocenters. The number of β-amino-alcohol motifs (C(OH)–C–C–N with tert-alkyl or cyclic N) is 2. The highest BCUT2D eigenvalue weighted by molar-refractivity contribution is 8.83. The van der Waals surface area contributed by atoms with Crippen LogP contribution < -0.4 is 0 Å². The lowest BCUT2D eigenvalue weighted by Crippen LogP contribution is -2.44. The number of rotatable bonds is 4. The number of aliphatic hydroxyl groups excluding tert-OH is 2. The highest BCUT2D eigenvalue weighted by atomic mass is 33.1. The Morgan fingerprint density at radius 3 is 1.43 bits per heavy atom. The SMILES string of the molecule is OCCN1CCC2(CC1)SSC1(CCN(CCO)CC1)S2. The third-order valence-corrected chi connectivity index (χ3v) is 11.7. The Morgan fingerprint density at radius 2 is 1.10 bits per heavy atom. The lowest BCUT2D eigenvalue weighted by molar-refractivity contribution is 0.168. The summed E-state index contributed by atoms with van der Waals surface area (Å²) in [5.41, 5.74) is 0. The first kappa shape index (κ1) is 16.7. The molecule has 4 nitrogen and oxygen atoms in total. The van der Waals surface area contributed by atoms with Crippen LogP contribution in [0.5, 0.6) is 0 Å². The molecule has 3 rings (SSSR count). The molecule has 0 unspecified atom stereocenters. The van der Waals surface area contributed by atoms with Gasteiger partial charge in [-0.05, 0) is 25.7 Å². The summed E-state index contributed by atoms with van der Waals surface area (Å²) < 4.78 is 0.825. The number of likely N-dealkylation sites (tertiary alicyclic amines) is 2. The standard InChI is InChI=1S/C14H26N2O2S3/c17-11-9-15-5-1-13(2-6-15)19-14(21-20-13)3-7-16(8-4-14)10-12-18/h17-18H,1-12H2. The fourth-order valence-electron chi connectivity index (χ4n) is 3.41. The normalized spacial score (nSPS) is 29.4. The van der Waals surface area contributed by atoms with E-state index in [2.05, 4.69) is 43.1 Å². The maximum Gasteiger partial charge on any atom is 0.0753 e. The molecule has 3 heterocycles. The zero-order chi connectivity index (χ0) is 14.8. The van der Waals surface area contributed by atoms with Gasteiger partial charge in [-0.1, -0.05) is 21.6 Å². The van der Waals surface area contributed by atoms with E-state index in [0.29, 0.717) is 8.16 Å². The Hall–Kier alpha value is 0.890. The molecule has 122 valence electrons. The van der Waals surface area contributed by atoms with Crippen LogP contribution in [0.4, 0.5) is 0 Å². The third kappa shape index (κ3) is 3.87. The van der Waals surface area contributed by atoms with Crippen LogP contribution in [0, 0.1) is 0 Å². The van der Waals surface area contributed by atoms with E-state index in [-0.39, 0.29) is 13.2 Å². The number of hydrogen-bond acceptors (Lipinski definition) is 7. The molecule has 7 heteroatoms. The molecule has 0 aromatic carbocycles. The van der Waals surface area contributed by atoms with Crippen molar-refractivity contribution in [3.8, 4) is 0 Å². The van der Waals surface area contributed by atoms with E-state index in [9.17, 15) is 0 Å². The summed E-state index contributed by atoms with van der Waals surface area (Å²) in [5.74, 6) is 0. The van der Waals surface area contributed by atoms with E-state index in [1.165, 1.54) is 25.7 Å². The molecule has 0 aromatic rings. The summed E-state index contributed by atoms with van der Waals surface area (Å²) in [7, 11) is 4.26. The molecule has 0 amide bonds. The summed E-state index contributed by atoms with van der Waals surface area (Å²) in [6, 6.07) is 0. The molecule has 3 aliphatic rings. The molecule has 3 saturated heterocycles. The van der Waals surface area contributed by atoms with Crippen LogP contribution in [-0.4, -0.2) is 80.7 Å². The third-order valence-electron chi connectivity index (χ3n) is 4.79. The van der Waals surface area contributed by atoms with Gasteiger partial charge in [0.25, 0.3) is 0 Å². The van der Waals surface area contributed by atoms with Crippen LogP contribution in [0.25, 0.3) is 0 Å². The maximum absolute atomic E-state index is 9.06. The van der Waals surface area contributed by atoms with Gasteiger partial charge >= 0.3 is 0 Å². The first-order valence-corrected chi connectivity index (χ1v) is 10.9. The van der Waals surface area contributed by atoms with Gasteiger partial charge in [-0.3, -0.25) is 0 Å². The minimum atomic E-state index is 0.284. The first-order valence-electron chi connectivity index (χ1n) is 7.93. The maximum atomic E-state index is 9.06. The molecule has 21 heavy (non-hydrogen) atoms. The van der Waals surface area contributed by atoms with Gasteiger partial charge in [0.15, 0.2) is 0 Å². The zero-order valence-corrected chi connectivity index (χ0v) is 14.9. The quantitative estimate of drug-likeness (QED) is 0.748. The average molecular weight is 351 g/mol. The predicted octanol–water partition coefficient (Wildman–Crippen LogP) is 1.68. The van der Waals surface area contributed by atoms with Crippen LogP contribution >= 0.6 is 33.3 Å². The van der Waals surface area contributed by atoms with Gasteiger partial charge in [0, 0.05) is 39.3 Å². The fourth-order valence-corrected chi connectivity index (χ4v) is 10.4. The second-order valence-corrected chi connectivity index (χ2v) is 11.4. The number of aliphatic hydroxyl groups is 2. The molecule has 0 aromatic heterocycles. The average Bonchev–Trinajstić information content (AvgIpc) is 2.84. The van der Waals surface area contributed by atoms with E-state index >= 15 is 0 Å². The minimum Gasteiger partial charge on any atom is -0.395 e. The summed E-state index contributed by atoms with van der Waals surface area (Å²) >= 11 is 2.25.